The van der Waals surface area contributed by atoms with Gasteiger partial charge < -0.3 is 4.90 Å². The molecule has 1 aliphatic rings. The van der Waals surface area contributed by atoms with Crippen LogP contribution in [0, 0.1) is 5.82 Å². The maximum absolute atomic E-state index is 13.4. The van der Waals surface area contributed by atoms with Crippen LogP contribution in [-0.4, -0.2) is 17.4 Å². The Morgan fingerprint density at radius 1 is 1.21 bits per heavy atom. The third kappa shape index (κ3) is 3.24. The van der Waals surface area contributed by atoms with Crippen molar-refractivity contribution in [3.05, 3.63) is 35.1 Å². The fourth-order valence-electron chi connectivity index (χ4n) is 2.14. The lowest BCUT2D eigenvalue weighted by atomic mass is 10.1. The van der Waals surface area contributed by atoms with Gasteiger partial charge in [0.1, 0.15) is 5.82 Å². The minimum Gasteiger partial charge on any atom is -0.338 e. The molecule has 2 rings (SSSR count). The Morgan fingerprint density at radius 3 is 2.53 bits per heavy atom. The zero-order valence-corrected chi connectivity index (χ0v) is 10.1. The van der Waals surface area contributed by atoms with Crippen LogP contribution < -0.4 is 0 Å². The van der Waals surface area contributed by atoms with Gasteiger partial charge in [-0.15, -0.1) is 0 Å². The molecule has 0 N–H and O–H groups in total. The molecule has 0 unspecified atom stereocenters. The third-order valence-corrected chi connectivity index (χ3v) is 3.13. The van der Waals surface area contributed by atoms with Gasteiger partial charge in [-0.2, -0.15) is 13.2 Å². The Bertz CT molecular complexity index is 484. The molecule has 1 aromatic rings. The van der Waals surface area contributed by atoms with Gasteiger partial charge in [-0.05, 0) is 30.5 Å². The predicted molar refractivity (Wildman–Crippen MR) is 60.7 cm³/mol. The summed E-state index contributed by atoms with van der Waals surface area (Å²) in [6.07, 6.45) is -2.54. The molecule has 104 valence electrons. The molecule has 19 heavy (non-hydrogen) atoms. The van der Waals surface area contributed by atoms with Gasteiger partial charge in [-0.25, -0.2) is 4.39 Å². The fourth-order valence-corrected chi connectivity index (χ4v) is 2.14. The predicted octanol–water partition coefficient (Wildman–Crippen LogP) is 3.36. The largest absolute Gasteiger partial charge is 0.419 e. The molecule has 0 aliphatic carbocycles. The lowest BCUT2D eigenvalue weighted by Crippen LogP contribution is -2.34. The number of benzene rings is 1. The van der Waals surface area contributed by atoms with Gasteiger partial charge in [0.25, 0.3) is 0 Å². The van der Waals surface area contributed by atoms with Crippen molar-refractivity contribution in [1.29, 1.82) is 0 Å². The lowest BCUT2D eigenvalue weighted by molar-refractivity contribution is -0.140. The van der Waals surface area contributed by atoms with Crippen LogP contribution in [0.3, 0.4) is 0 Å². The van der Waals surface area contributed by atoms with Crippen molar-refractivity contribution in [3.63, 3.8) is 0 Å². The van der Waals surface area contributed by atoms with E-state index in [9.17, 15) is 22.4 Å². The summed E-state index contributed by atoms with van der Waals surface area (Å²) in [6, 6.07) is 2.79. The molecule has 1 fully saturated rings. The average Bonchev–Trinajstić information content (AvgIpc) is 2.30. The van der Waals surface area contributed by atoms with Crippen molar-refractivity contribution < 1.29 is 22.4 Å². The second-order valence-corrected chi connectivity index (χ2v) is 4.58. The number of likely N-dealkylation sites (tertiary alicyclic amines) is 1. The van der Waals surface area contributed by atoms with Crippen molar-refractivity contribution in [3.8, 4) is 0 Å². The standard InChI is InChI=1S/C13H13F4NO/c14-11-7-9(4-5-10(11)13(15,16)17)8-18-6-2-1-3-12(18)19/h4-5,7H,1-3,6,8H2. The van der Waals surface area contributed by atoms with E-state index >= 15 is 0 Å². The number of hydrogen-bond acceptors (Lipinski definition) is 1. The number of rotatable bonds is 2. The highest BCUT2D eigenvalue weighted by Crippen LogP contribution is 2.31. The van der Waals surface area contributed by atoms with Gasteiger partial charge in [0.15, 0.2) is 0 Å². The normalized spacial score (nSPS) is 16.8. The molecular weight excluding hydrogens is 262 g/mol. The van der Waals surface area contributed by atoms with Gasteiger partial charge in [0.2, 0.25) is 5.91 Å². The summed E-state index contributed by atoms with van der Waals surface area (Å²) in [5.74, 6) is -1.33. The second kappa shape index (κ2) is 5.19. The van der Waals surface area contributed by atoms with Crippen molar-refractivity contribution in [2.75, 3.05) is 6.54 Å². The Kier molecular flexibility index (Phi) is 3.78. The second-order valence-electron chi connectivity index (χ2n) is 4.58. The van der Waals surface area contributed by atoms with Crippen molar-refractivity contribution >= 4 is 5.91 Å². The molecule has 1 heterocycles. The van der Waals surface area contributed by atoms with Crippen LogP contribution in [0.5, 0.6) is 0 Å². The zero-order valence-electron chi connectivity index (χ0n) is 10.1. The van der Waals surface area contributed by atoms with Gasteiger partial charge >= 0.3 is 6.18 Å². The molecule has 0 aromatic heterocycles. The van der Waals surface area contributed by atoms with Crippen LogP contribution in [0.1, 0.15) is 30.4 Å². The minimum atomic E-state index is -4.69. The third-order valence-electron chi connectivity index (χ3n) is 3.13. The number of hydrogen-bond donors (Lipinski definition) is 0. The van der Waals surface area contributed by atoms with E-state index in [0.29, 0.717) is 18.5 Å². The van der Waals surface area contributed by atoms with E-state index in [4.69, 9.17) is 0 Å². The number of halogens is 4. The van der Waals surface area contributed by atoms with Crippen LogP contribution in [-0.2, 0) is 17.5 Å². The molecule has 2 nitrogen and oxygen atoms in total. The highest BCUT2D eigenvalue weighted by atomic mass is 19.4. The molecule has 0 radical (unpaired) electrons. The van der Waals surface area contributed by atoms with Crippen molar-refractivity contribution in [1.82, 2.24) is 4.90 Å². The van der Waals surface area contributed by atoms with E-state index in [-0.39, 0.29) is 12.5 Å². The van der Waals surface area contributed by atoms with Gasteiger partial charge in [0.05, 0.1) is 5.56 Å². The first-order valence-corrected chi connectivity index (χ1v) is 6.01. The topological polar surface area (TPSA) is 20.3 Å². The monoisotopic (exact) mass is 275 g/mol. The number of amides is 1. The van der Waals surface area contributed by atoms with Crippen LogP contribution >= 0.6 is 0 Å². The molecule has 1 aromatic carbocycles. The zero-order chi connectivity index (χ0) is 14.0. The summed E-state index contributed by atoms with van der Waals surface area (Å²) < 4.78 is 50.6. The first-order chi connectivity index (χ1) is 8.88. The Morgan fingerprint density at radius 2 is 1.95 bits per heavy atom. The smallest absolute Gasteiger partial charge is 0.338 e. The van der Waals surface area contributed by atoms with E-state index in [1.165, 1.54) is 6.07 Å². The lowest BCUT2D eigenvalue weighted by Gasteiger charge is -2.26. The fraction of sp³-hybridized carbons (Fsp3) is 0.462. The summed E-state index contributed by atoms with van der Waals surface area (Å²) in [6.45, 7) is 0.732. The van der Waals surface area contributed by atoms with Gasteiger partial charge in [0, 0.05) is 19.5 Å². The molecule has 0 saturated carbocycles. The number of carbonyl (C=O) groups excluding carboxylic acids is 1. The summed E-state index contributed by atoms with van der Waals surface area (Å²) in [5.41, 5.74) is -0.901. The molecule has 1 amide bonds. The van der Waals surface area contributed by atoms with Crippen LogP contribution in [0.4, 0.5) is 17.6 Å². The summed E-state index contributed by atoms with van der Waals surface area (Å²) in [7, 11) is 0. The van der Waals surface area contributed by atoms with E-state index in [1.54, 1.807) is 4.90 Å². The number of piperidine rings is 1. The Balaban J connectivity index is 2.14. The molecule has 1 saturated heterocycles. The van der Waals surface area contributed by atoms with E-state index in [0.717, 1.165) is 25.0 Å². The van der Waals surface area contributed by atoms with E-state index < -0.39 is 17.6 Å². The SMILES string of the molecule is O=C1CCCCN1Cc1ccc(C(F)(F)F)c(F)c1. The minimum absolute atomic E-state index is 0.0356. The maximum atomic E-state index is 13.4. The molecule has 0 atom stereocenters. The Labute approximate surface area is 108 Å². The van der Waals surface area contributed by atoms with Crippen LogP contribution in [0.15, 0.2) is 18.2 Å². The maximum Gasteiger partial charge on any atom is 0.419 e. The number of nitrogens with zero attached hydrogens (tertiary/aromatic N) is 1. The molecule has 0 spiro atoms. The molecular formula is C13H13F4NO. The molecule has 0 bridgehead atoms. The van der Waals surface area contributed by atoms with Crippen LogP contribution in [0.25, 0.3) is 0 Å². The highest BCUT2D eigenvalue weighted by molar-refractivity contribution is 5.76. The Hall–Kier alpha value is -1.59. The van der Waals surface area contributed by atoms with Gasteiger partial charge in [-0.3, -0.25) is 4.79 Å². The first kappa shape index (κ1) is 13.8. The highest BCUT2D eigenvalue weighted by Gasteiger charge is 2.34. The molecule has 1 aliphatic heterocycles. The number of alkyl halides is 3. The summed E-state index contributed by atoms with van der Waals surface area (Å²) in [5, 5.41) is 0. The number of carbonyl (C=O) groups is 1. The van der Waals surface area contributed by atoms with Crippen molar-refractivity contribution in [2.24, 2.45) is 0 Å². The quantitative estimate of drug-likeness (QED) is 0.758. The average molecular weight is 275 g/mol. The van der Waals surface area contributed by atoms with Gasteiger partial charge in [-0.1, -0.05) is 6.07 Å². The van der Waals surface area contributed by atoms with E-state index in [1.807, 2.05) is 0 Å². The van der Waals surface area contributed by atoms with E-state index in [2.05, 4.69) is 0 Å². The summed E-state index contributed by atoms with van der Waals surface area (Å²) in [4.78, 5) is 13.1. The first-order valence-electron chi connectivity index (χ1n) is 6.01. The van der Waals surface area contributed by atoms with Crippen molar-refractivity contribution in [2.45, 2.75) is 32.0 Å². The molecule has 6 heteroatoms. The van der Waals surface area contributed by atoms with Crippen LogP contribution in [0.2, 0.25) is 0 Å². The summed E-state index contributed by atoms with van der Waals surface area (Å²) >= 11 is 0.